The van der Waals surface area contributed by atoms with Crippen molar-refractivity contribution in [3.8, 4) is 6.07 Å². The van der Waals surface area contributed by atoms with Crippen molar-refractivity contribution in [2.24, 2.45) is 0 Å². The van der Waals surface area contributed by atoms with Crippen molar-refractivity contribution in [2.45, 2.75) is 18.6 Å². The molecule has 1 saturated heterocycles. The van der Waals surface area contributed by atoms with Gasteiger partial charge in [0.25, 0.3) is 5.69 Å². The maximum absolute atomic E-state index is 11.0. The third-order valence-corrected chi connectivity index (χ3v) is 4.39. The molecule has 19 heavy (non-hydrogen) atoms. The van der Waals surface area contributed by atoms with E-state index in [1.807, 2.05) is 17.8 Å². The van der Waals surface area contributed by atoms with Gasteiger partial charge in [-0.3, -0.25) is 10.1 Å². The molecule has 0 aliphatic carbocycles. The van der Waals surface area contributed by atoms with E-state index in [4.69, 9.17) is 5.26 Å². The highest BCUT2D eigenvalue weighted by molar-refractivity contribution is 8.00. The van der Waals surface area contributed by atoms with Gasteiger partial charge in [0.2, 0.25) is 0 Å². The van der Waals surface area contributed by atoms with Crippen LogP contribution in [0, 0.1) is 21.4 Å². The van der Waals surface area contributed by atoms with Crippen LogP contribution in [-0.2, 0) is 0 Å². The zero-order chi connectivity index (χ0) is 14.0. The normalized spacial score (nSPS) is 17.8. The van der Waals surface area contributed by atoms with E-state index in [-0.39, 0.29) is 16.0 Å². The third kappa shape index (κ3) is 2.99. The van der Waals surface area contributed by atoms with E-state index >= 15 is 0 Å². The van der Waals surface area contributed by atoms with E-state index in [1.165, 1.54) is 12.1 Å². The Balaban J connectivity index is 2.33. The maximum atomic E-state index is 11.0. The van der Waals surface area contributed by atoms with Gasteiger partial charge in [0, 0.05) is 35.3 Å². The molecule has 0 bridgehead atoms. The molecular formula is C13H15N3O2S. The molecule has 0 spiro atoms. The zero-order valence-corrected chi connectivity index (χ0v) is 11.7. The second kappa shape index (κ2) is 5.10. The lowest BCUT2D eigenvalue weighted by Crippen LogP contribution is -2.43. The van der Waals surface area contributed by atoms with Crippen molar-refractivity contribution in [3.63, 3.8) is 0 Å². The quantitative estimate of drug-likeness (QED) is 0.614. The van der Waals surface area contributed by atoms with Crippen LogP contribution in [-0.4, -0.2) is 28.5 Å². The van der Waals surface area contributed by atoms with Gasteiger partial charge in [-0.1, -0.05) is 0 Å². The van der Waals surface area contributed by atoms with Gasteiger partial charge >= 0.3 is 0 Å². The Morgan fingerprint density at radius 3 is 2.84 bits per heavy atom. The molecule has 0 aromatic heterocycles. The molecule has 1 aliphatic heterocycles. The summed E-state index contributed by atoms with van der Waals surface area (Å²) in [5.74, 6) is 1.00. The van der Waals surface area contributed by atoms with Crippen molar-refractivity contribution in [2.75, 3.05) is 23.7 Å². The Morgan fingerprint density at radius 2 is 2.26 bits per heavy atom. The Labute approximate surface area is 116 Å². The minimum atomic E-state index is -0.494. The summed E-state index contributed by atoms with van der Waals surface area (Å²) in [6.45, 7) is 6.06. The molecule has 6 heteroatoms. The number of rotatable bonds is 2. The molecule has 0 radical (unpaired) electrons. The van der Waals surface area contributed by atoms with E-state index in [9.17, 15) is 10.1 Å². The Kier molecular flexibility index (Phi) is 3.67. The average Bonchev–Trinajstić information content (AvgIpc) is 2.36. The third-order valence-electron chi connectivity index (χ3n) is 3.09. The summed E-state index contributed by atoms with van der Waals surface area (Å²) in [7, 11) is 0. The second-order valence-electron chi connectivity index (χ2n) is 5.10. The molecule has 5 nitrogen and oxygen atoms in total. The van der Waals surface area contributed by atoms with Crippen LogP contribution in [0.4, 0.5) is 11.4 Å². The number of hydrogen-bond donors (Lipinski definition) is 0. The van der Waals surface area contributed by atoms with Crippen LogP contribution in [0.3, 0.4) is 0 Å². The van der Waals surface area contributed by atoms with Gasteiger partial charge < -0.3 is 4.90 Å². The van der Waals surface area contributed by atoms with Crippen LogP contribution in [0.1, 0.15) is 19.4 Å². The predicted molar refractivity (Wildman–Crippen MR) is 76.6 cm³/mol. The molecule has 0 unspecified atom stereocenters. The lowest BCUT2D eigenvalue weighted by Gasteiger charge is -2.38. The van der Waals surface area contributed by atoms with Crippen molar-refractivity contribution in [1.82, 2.24) is 0 Å². The van der Waals surface area contributed by atoms with E-state index in [1.54, 1.807) is 6.07 Å². The predicted octanol–water partition coefficient (Wildman–Crippen LogP) is 2.80. The highest BCUT2D eigenvalue weighted by atomic mass is 32.2. The van der Waals surface area contributed by atoms with Crippen molar-refractivity contribution in [3.05, 3.63) is 33.9 Å². The van der Waals surface area contributed by atoms with Crippen LogP contribution < -0.4 is 4.90 Å². The first-order chi connectivity index (χ1) is 8.93. The average molecular weight is 277 g/mol. The molecule has 1 aromatic rings. The number of nitrogens with zero attached hydrogens (tertiary/aromatic N) is 3. The molecule has 1 aromatic carbocycles. The molecule has 0 atom stereocenters. The van der Waals surface area contributed by atoms with Gasteiger partial charge in [0.15, 0.2) is 0 Å². The number of nitro benzene ring substituents is 1. The fraction of sp³-hybridized carbons (Fsp3) is 0.462. The smallest absolute Gasteiger partial charge is 0.289 e. The zero-order valence-electron chi connectivity index (χ0n) is 10.9. The molecule has 0 N–H and O–H groups in total. The van der Waals surface area contributed by atoms with Gasteiger partial charge in [-0.05, 0) is 26.0 Å². The van der Waals surface area contributed by atoms with Crippen LogP contribution >= 0.6 is 11.8 Å². The number of nitriles is 1. The largest absolute Gasteiger partial charge is 0.369 e. The number of hydrogen-bond acceptors (Lipinski definition) is 5. The molecular weight excluding hydrogens is 262 g/mol. The van der Waals surface area contributed by atoms with E-state index in [0.29, 0.717) is 0 Å². The SMILES string of the molecule is CC1(C)CN(c2ccc(C#N)c([N+](=O)[O-])c2)CCS1. The molecule has 0 saturated carbocycles. The van der Waals surface area contributed by atoms with Crippen LogP contribution in [0.15, 0.2) is 18.2 Å². The van der Waals surface area contributed by atoms with Gasteiger partial charge in [0.05, 0.1) is 4.92 Å². The summed E-state index contributed by atoms with van der Waals surface area (Å²) in [6.07, 6.45) is 0. The first-order valence-electron chi connectivity index (χ1n) is 6.00. The summed E-state index contributed by atoms with van der Waals surface area (Å²) in [5.41, 5.74) is 0.814. The van der Waals surface area contributed by atoms with Crippen LogP contribution in [0.25, 0.3) is 0 Å². The number of thioether (sulfide) groups is 1. The van der Waals surface area contributed by atoms with Crippen molar-refractivity contribution < 1.29 is 4.92 Å². The minimum absolute atomic E-state index is 0.111. The standard InChI is InChI=1S/C13H15N3O2S/c1-13(2)9-15(5-6-19-13)11-4-3-10(8-14)12(7-11)16(17)18/h3-4,7H,5-6,9H2,1-2H3. The summed E-state index contributed by atoms with van der Waals surface area (Å²) in [5, 5.41) is 19.9. The van der Waals surface area contributed by atoms with Gasteiger partial charge in [-0.2, -0.15) is 17.0 Å². The summed E-state index contributed by atoms with van der Waals surface area (Å²) < 4.78 is 0.140. The minimum Gasteiger partial charge on any atom is -0.369 e. The van der Waals surface area contributed by atoms with Gasteiger partial charge in [0.1, 0.15) is 11.6 Å². The fourth-order valence-corrected chi connectivity index (χ4v) is 3.31. The molecule has 100 valence electrons. The number of anilines is 1. The van der Waals surface area contributed by atoms with E-state index in [2.05, 4.69) is 18.7 Å². The highest BCUT2D eigenvalue weighted by Crippen LogP contribution is 2.33. The Morgan fingerprint density at radius 1 is 1.53 bits per heavy atom. The molecule has 1 aliphatic rings. The summed E-state index contributed by atoms with van der Waals surface area (Å²) >= 11 is 1.91. The van der Waals surface area contributed by atoms with Gasteiger partial charge in [-0.15, -0.1) is 0 Å². The van der Waals surface area contributed by atoms with Crippen LogP contribution in [0.5, 0.6) is 0 Å². The summed E-state index contributed by atoms with van der Waals surface area (Å²) in [6, 6.07) is 6.68. The number of nitro groups is 1. The first-order valence-corrected chi connectivity index (χ1v) is 6.99. The molecule has 2 rings (SSSR count). The topological polar surface area (TPSA) is 70.2 Å². The Bertz CT molecular complexity index is 551. The first kappa shape index (κ1) is 13.7. The highest BCUT2D eigenvalue weighted by Gasteiger charge is 2.28. The van der Waals surface area contributed by atoms with E-state index in [0.717, 1.165) is 24.5 Å². The lowest BCUT2D eigenvalue weighted by atomic mass is 10.1. The summed E-state index contributed by atoms with van der Waals surface area (Å²) in [4.78, 5) is 12.6. The molecule has 1 heterocycles. The Hall–Kier alpha value is -1.74. The van der Waals surface area contributed by atoms with Crippen molar-refractivity contribution in [1.29, 1.82) is 5.26 Å². The molecule has 1 fully saturated rings. The van der Waals surface area contributed by atoms with E-state index < -0.39 is 4.92 Å². The second-order valence-corrected chi connectivity index (χ2v) is 6.90. The monoisotopic (exact) mass is 277 g/mol. The molecule has 0 amide bonds. The van der Waals surface area contributed by atoms with Gasteiger partial charge in [-0.25, -0.2) is 0 Å². The maximum Gasteiger partial charge on any atom is 0.289 e. The lowest BCUT2D eigenvalue weighted by molar-refractivity contribution is -0.385. The van der Waals surface area contributed by atoms with Crippen molar-refractivity contribution >= 4 is 23.1 Å². The number of benzene rings is 1. The fourth-order valence-electron chi connectivity index (χ4n) is 2.20. The van der Waals surface area contributed by atoms with Crippen LogP contribution in [0.2, 0.25) is 0 Å².